The largest absolute Gasteiger partial charge is 0.380 e. The second-order valence-corrected chi connectivity index (χ2v) is 4.70. The molecular weight excluding hydrogens is 290 g/mol. The van der Waals surface area contributed by atoms with Gasteiger partial charge in [-0.25, -0.2) is 4.39 Å². The molecule has 0 unspecified atom stereocenters. The van der Waals surface area contributed by atoms with E-state index in [1.165, 1.54) is 0 Å². The SMILES string of the molecule is CCn1c(=O)c(F)c(F)c2c(-c3ccccc3)nnc(N)c21. The Kier molecular flexibility index (Phi) is 3.32. The molecule has 0 aliphatic rings. The monoisotopic (exact) mass is 302 g/mol. The Bertz CT molecular complexity index is 922. The molecule has 0 bridgehead atoms. The summed E-state index contributed by atoms with van der Waals surface area (Å²) in [5.41, 5.74) is 5.43. The first-order valence-corrected chi connectivity index (χ1v) is 6.65. The van der Waals surface area contributed by atoms with E-state index in [-0.39, 0.29) is 29.0 Å². The van der Waals surface area contributed by atoms with Crippen LogP contribution in [-0.4, -0.2) is 14.8 Å². The summed E-state index contributed by atoms with van der Waals surface area (Å²) in [5, 5.41) is 7.53. The smallest absolute Gasteiger partial charge is 0.290 e. The van der Waals surface area contributed by atoms with Gasteiger partial charge in [0.25, 0.3) is 5.56 Å². The molecule has 0 spiro atoms. The van der Waals surface area contributed by atoms with Gasteiger partial charge in [-0.15, -0.1) is 10.2 Å². The molecular formula is C15H12F2N4O. The van der Waals surface area contributed by atoms with Crippen LogP contribution in [0.25, 0.3) is 22.2 Å². The number of nitrogens with two attached hydrogens (primary N) is 1. The molecule has 0 aliphatic heterocycles. The first kappa shape index (κ1) is 14.1. The molecule has 2 N–H and O–H groups in total. The fourth-order valence-electron chi connectivity index (χ4n) is 2.45. The van der Waals surface area contributed by atoms with Gasteiger partial charge in [-0.2, -0.15) is 4.39 Å². The second kappa shape index (κ2) is 5.18. The van der Waals surface area contributed by atoms with E-state index in [0.717, 1.165) is 4.57 Å². The highest BCUT2D eigenvalue weighted by Crippen LogP contribution is 2.30. The lowest BCUT2D eigenvalue weighted by molar-refractivity contribution is 0.492. The van der Waals surface area contributed by atoms with E-state index in [1.807, 2.05) is 0 Å². The number of aromatic nitrogens is 3. The summed E-state index contributed by atoms with van der Waals surface area (Å²) in [4.78, 5) is 11.9. The van der Waals surface area contributed by atoms with Crippen molar-refractivity contribution in [3.8, 4) is 11.3 Å². The fraction of sp³-hybridized carbons (Fsp3) is 0.133. The average molecular weight is 302 g/mol. The summed E-state index contributed by atoms with van der Waals surface area (Å²) in [6, 6.07) is 8.65. The summed E-state index contributed by atoms with van der Waals surface area (Å²) < 4.78 is 29.4. The minimum absolute atomic E-state index is 0.0558. The van der Waals surface area contributed by atoms with Crippen LogP contribution in [0, 0.1) is 11.6 Å². The molecule has 3 aromatic rings. The Morgan fingerprint density at radius 3 is 2.45 bits per heavy atom. The van der Waals surface area contributed by atoms with Crippen LogP contribution in [0.15, 0.2) is 35.1 Å². The number of benzene rings is 1. The maximum atomic E-state index is 14.4. The lowest BCUT2D eigenvalue weighted by atomic mass is 10.1. The highest BCUT2D eigenvalue weighted by atomic mass is 19.2. The molecule has 22 heavy (non-hydrogen) atoms. The van der Waals surface area contributed by atoms with Gasteiger partial charge in [0.2, 0.25) is 5.82 Å². The Morgan fingerprint density at radius 2 is 1.82 bits per heavy atom. The van der Waals surface area contributed by atoms with Crippen LogP contribution in [-0.2, 0) is 6.54 Å². The van der Waals surface area contributed by atoms with Gasteiger partial charge < -0.3 is 10.3 Å². The molecule has 0 amide bonds. The van der Waals surface area contributed by atoms with Crippen molar-refractivity contribution in [2.24, 2.45) is 0 Å². The molecule has 2 heterocycles. The summed E-state index contributed by atoms with van der Waals surface area (Å²) >= 11 is 0. The number of fused-ring (bicyclic) bond motifs is 1. The zero-order valence-corrected chi connectivity index (χ0v) is 11.7. The molecule has 0 saturated heterocycles. The minimum Gasteiger partial charge on any atom is -0.380 e. The van der Waals surface area contributed by atoms with Gasteiger partial charge in [-0.05, 0) is 6.92 Å². The maximum Gasteiger partial charge on any atom is 0.290 e. The first-order valence-electron chi connectivity index (χ1n) is 6.65. The van der Waals surface area contributed by atoms with Gasteiger partial charge >= 0.3 is 0 Å². The van der Waals surface area contributed by atoms with Crippen molar-refractivity contribution >= 4 is 16.7 Å². The third-order valence-electron chi connectivity index (χ3n) is 3.45. The molecule has 0 radical (unpaired) electrons. The molecule has 0 saturated carbocycles. The van der Waals surface area contributed by atoms with E-state index in [4.69, 9.17) is 5.73 Å². The van der Waals surface area contributed by atoms with Crippen molar-refractivity contribution in [2.75, 3.05) is 5.73 Å². The Balaban J connectivity index is 2.56. The average Bonchev–Trinajstić information content (AvgIpc) is 2.55. The van der Waals surface area contributed by atoms with Gasteiger partial charge in [0.05, 0.1) is 5.39 Å². The minimum atomic E-state index is -1.45. The Morgan fingerprint density at radius 1 is 1.14 bits per heavy atom. The number of pyridine rings is 1. The highest BCUT2D eigenvalue weighted by molar-refractivity contribution is 5.97. The van der Waals surface area contributed by atoms with Crippen molar-refractivity contribution < 1.29 is 8.78 Å². The predicted molar refractivity (Wildman–Crippen MR) is 79.2 cm³/mol. The molecule has 7 heteroatoms. The van der Waals surface area contributed by atoms with Crippen LogP contribution < -0.4 is 11.3 Å². The number of halogens is 2. The van der Waals surface area contributed by atoms with Crippen LogP contribution in [0.3, 0.4) is 0 Å². The van der Waals surface area contributed by atoms with Crippen molar-refractivity contribution in [3.63, 3.8) is 0 Å². The zero-order valence-electron chi connectivity index (χ0n) is 11.7. The molecule has 2 aromatic heterocycles. The van der Waals surface area contributed by atoms with E-state index in [9.17, 15) is 13.6 Å². The number of nitrogen functional groups attached to an aromatic ring is 1. The number of aryl methyl sites for hydroxylation is 1. The first-order chi connectivity index (χ1) is 10.6. The summed E-state index contributed by atoms with van der Waals surface area (Å²) in [7, 11) is 0. The second-order valence-electron chi connectivity index (χ2n) is 4.70. The third-order valence-corrected chi connectivity index (χ3v) is 3.45. The van der Waals surface area contributed by atoms with Gasteiger partial charge in [-0.3, -0.25) is 4.79 Å². The predicted octanol–water partition coefficient (Wildman–Crippen LogP) is 2.34. The third kappa shape index (κ3) is 1.93. The lowest BCUT2D eigenvalue weighted by Gasteiger charge is -2.13. The molecule has 0 atom stereocenters. The molecule has 0 aliphatic carbocycles. The standard InChI is InChI=1S/C15H12F2N4O/c1-2-21-13-9(10(16)11(17)15(21)22)12(19-20-14(13)18)8-6-4-3-5-7-8/h3-7H,2H2,1H3,(H2,18,20). The van der Waals surface area contributed by atoms with E-state index < -0.39 is 17.2 Å². The normalized spacial score (nSPS) is 11.0. The van der Waals surface area contributed by atoms with Gasteiger partial charge in [0.15, 0.2) is 11.6 Å². The summed E-state index contributed by atoms with van der Waals surface area (Å²) in [5.74, 6) is -2.82. The van der Waals surface area contributed by atoms with Gasteiger partial charge in [0.1, 0.15) is 11.2 Å². The number of rotatable bonds is 2. The Hall–Kier alpha value is -2.83. The fourth-order valence-corrected chi connectivity index (χ4v) is 2.45. The van der Waals surface area contributed by atoms with Gasteiger partial charge in [0, 0.05) is 12.1 Å². The number of anilines is 1. The van der Waals surface area contributed by atoms with E-state index in [0.29, 0.717) is 5.56 Å². The number of hydrogen-bond donors (Lipinski definition) is 1. The van der Waals surface area contributed by atoms with E-state index in [2.05, 4.69) is 10.2 Å². The topological polar surface area (TPSA) is 73.8 Å². The van der Waals surface area contributed by atoms with E-state index in [1.54, 1.807) is 37.3 Å². The summed E-state index contributed by atoms with van der Waals surface area (Å²) in [6.45, 7) is 1.77. The zero-order chi connectivity index (χ0) is 15.9. The van der Waals surface area contributed by atoms with Crippen LogP contribution in [0.4, 0.5) is 14.6 Å². The molecule has 112 valence electrons. The quantitative estimate of drug-likeness (QED) is 0.788. The summed E-state index contributed by atoms with van der Waals surface area (Å²) in [6.07, 6.45) is 0. The highest BCUT2D eigenvalue weighted by Gasteiger charge is 2.22. The van der Waals surface area contributed by atoms with Crippen molar-refractivity contribution in [3.05, 3.63) is 52.3 Å². The van der Waals surface area contributed by atoms with Crippen molar-refractivity contribution in [1.29, 1.82) is 0 Å². The molecule has 3 rings (SSSR count). The maximum absolute atomic E-state index is 14.4. The van der Waals surface area contributed by atoms with E-state index >= 15 is 0 Å². The molecule has 5 nitrogen and oxygen atoms in total. The molecule has 0 fully saturated rings. The van der Waals surface area contributed by atoms with Crippen molar-refractivity contribution in [1.82, 2.24) is 14.8 Å². The number of nitrogens with zero attached hydrogens (tertiary/aromatic N) is 3. The van der Waals surface area contributed by atoms with Crippen LogP contribution in [0.1, 0.15) is 6.92 Å². The number of hydrogen-bond acceptors (Lipinski definition) is 4. The van der Waals surface area contributed by atoms with Crippen LogP contribution in [0.2, 0.25) is 0 Å². The van der Waals surface area contributed by atoms with Gasteiger partial charge in [-0.1, -0.05) is 30.3 Å². The Labute approximate surface area is 124 Å². The lowest BCUT2D eigenvalue weighted by Crippen LogP contribution is -2.26. The van der Waals surface area contributed by atoms with Crippen LogP contribution in [0.5, 0.6) is 0 Å². The molecule has 1 aromatic carbocycles. The van der Waals surface area contributed by atoms with Crippen LogP contribution >= 0.6 is 0 Å². The van der Waals surface area contributed by atoms with Crippen molar-refractivity contribution in [2.45, 2.75) is 13.5 Å².